The second-order valence-electron chi connectivity index (χ2n) is 5.99. The minimum absolute atomic E-state index is 0. The number of hydrogen-bond acceptors (Lipinski definition) is 3. The Bertz CT molecular complexity index is 342. The monoisotopic (exact) mass is 328 g/mol. The Hall–Kier alpha value is -0.900. The van der Waals surface area contributed by atoms with Crippen LogP contribution in [-0.2, 0) is 9.59 Å². The van der Waals surface area contributed by atoms with Gasteiger partial charge in [0.1, 0.15) is 5.78 Å². The van der Waals surface area contributed by atoms with Gasteiger partial charge in [-0.2, -0.15) is 0 Å². The van der Waals surface area contributed by atoms with Gasteiger partial charge >= 0.3 is 0 Å². The van der Waals surface area contributed by atoms with Crippen LogP contribution in [0, 0.1) is 11.8 Å². The van der Waals surface area contributed by atoms with E-state index in [0.29, 0.717) is 18.5 Å². The summed E-state index contributed by atoms with van der Waals surface area (Å²) in [6, 6.07) is 0.595. The van der Waals surface area contributed by atoms with Crippen molar-refractivity contribution in [1.29, 1.82) is 0 Å². The van der Waals surface area contributed by atoms with Crippen molar-refractivity contribution >= 4 is 11.7 Å². The zero-order chi connectivity index (χ0) is 17.8. The lowest BCUT2D eigenvalue weighted by atomic mass is 9.85. The van der Waals surface area contributed by atoms with E-state index in [4.69, 9.17) is 0 Å². The van der Waals surface area contributed by atoms with Crippen LogP contribution in [0.25, 0.3) is 0 Å². The molecule has 1 heterocycles. The summed E-state index contributed by atoms with van der Waals surface area (Å²) in [7, 11) is 0. The Morgan fingerprint density at radius 3 is 2.00 bits per heavy atom. The van der Waals surface area contributed by atoms with E-state index in [1.807, 2.05) is 32.6 Å². The summed E-state index contributed by atoms with van der Waals surface area (Å²) in [6.45, 7) is 14.2. The molecule has 1 saturated heterocycles. The summed E-state index contributed by atoms with van der Waals surface area (Å²) in [5.41, 5.74) is 0. The Labute approximate surface area is 144 Å². The smallest absolute Gasteiger partial charge is 0.225 e. The van der Waals surface area contributed by atoms with Crippen LogP contribution in [0.2, 0.25) is 0 Å². The molecule has 0 unspecified atom stereocenters. The first kappa shape index (κ1) is 22.1. The lowest BCUT2D eigenvalue weighted by Gasteiger charge is -2.30. The number of hydrogen-bond donors (Lipinski definition) is 1. The normalized spacial score (nSPS) is 26.5. The van der Waals surface area contributed by atoms with E-state index < -0.39 is 0 Å². The lowest BCUT2D eigenvalue weighted by Crippen LogP contribution is -2.40. The number of nitrogens with zero attached hydrogens (tertiary/aromatic N) is 1. The molecule has 0 aromatic heterocycles. The van der Waals surface area contributed by atoms with Crippen LogP contribution in [0.5, 0.6) is 0 Å². The molecule has 1 saturated carbocycles. The van der Waals surface area contributed by atoms with Crippen molar-refractivity contribution in [2.45, 2.75) is 79.7 Å². The first-order valence-corrected chi connectivity index (χ1v) is 9.64. The summed E-state index contributed by atoms with van der Waals surface area (Å²) < 4.78 is 0. The number of Topliss-reactive ketones (excluding diaryl/α,β-unsaturated/α-hetero) is 1. The number of rotatable bonds is 4. The highest BCUT2D eigenvalue weighted by molar-refractivity contribution is 5.83. The van der Waals surface area contributed by atoms with Gasteiger partial charge in [0.15, 0.2) is 0 Å². The van der Waals surface area contributed by atoms with Crippen molar-refractivity contribution in [3.63, 3.8) is 0 Å². The van der Waals surface area contributed by atoms with Crippen molar-refractivity contribution < 1.29 is 11.0 Å². The van der Waals surface area contributed by atoms with Gasteiger partial charge in [0.2, 0.25) is 5.91 Å². The van der Waals surface area contributed by atoms with E-state index in [0.717, 1.165) is 45.2 Å². The van der Waals surface area contributed by atoms with Gasteiger partial charge in [-0.25, -0.2) is 0 Å². The highest BCUT2D eigenvalue weighted by atomic mass is 16.2. The molecule has 1 N–H and O–H groups in total. The van der Waals surface area contributed by atoms with Crippen molar-refractivity contribution in [2.24, 2.45) is 11.8 Å². The average molecular weight is 329 g/mol. The molecular formula is C19H40N2O2. The second-order valence-corrected chi connectivity index (χ2v) is 5.99. The van der Waals surface area contributed by atoms with E-state index >= 15 is 0 Å². The molecule has 2 aliphatic rings. The zero-order valence-electron chi connectivity index (χ0n) is 16.2. The molecule has 1 amide bonds. The number of likely N-dealkylation sites (tertiary alicyclic amines) is 1. The zero-order valence-corrected chi connectivity index (χ0v) is 16.2. The van der Waals surface area contributed by atoms with Gasteiger partial charge in [0.05, 0.1) is 0 Å². The highest BCUT2D eigenvalue weighted by Gasteiger charge is 2.34. The number of nitrogens with one attached hydrogen (secondary N) is 1. The predicted molar refractivity (Wildman–Crippen MR) is 99.6 cm³/mol. The van der Waals surface area contributed by atoms with E-state index in [1.165, 1.54) is 0 Å². The average Bonchev–Trinajstić information content (AvgIpc) is 3.09. The fraction of sp³-hybridized carbons (Fsp3) is 0.895. The molecule has 138 valence electrons. The lowest BCUT2D eigenvalue weighted by molar-refractivity contribution is -0.135. The van der Waals surface area contributed by atoms with Gasteiger partial charge in [-0.1, -0.05) is 34.6 Å². The van der Waals surface area contributed by atoms with Crippen LogP contribution >= 0.6 is 0 Å². The van der Waals surface area contributed by atoms with E-state index in [1.54, 1.807) is 6.92 Å². The molecule has 0 aromatic rings. The van der Waals surface area contributed by atoms with Crippen LogP contribution < -0.4 is 5.32 Å². The van der Waals surface area contributed by atoms with Crippen molar-refractivity contribution in [3.05, 3.63) is 0 Å². The van der Waals surface area contributed by atoms with Gasteiger partial charge in [-0.15, -0.1) is 0 Å². The number of amides is 1. The van der Waals surface area contributed by atoms with Crippen LogP contribution in [0.15, 0.2) is 0 Å². The summed E-state index contributed by atoms with van der Waals surface area (Å²) in [5, 5.41) is 3.47. The van der Waals surface area contributed by atoms with E-state index in [2.05, 4.69) is 12.2 Å². The maximum atomic E-state index is 12.4. The van der Waals surface area contributed by atoms with Crippen LogP contribution in [0.3, 0.4) is 0 Å². The molecule has 0 spiro atoms. The fourth-order valence-corrected chi connectivity index (χ4v) is 3.38. The maximum Gasteiger partial charge on any atom is 0.225 e. The molecule has 1 aliphatic heterocycles. The molecule has 23 heavy (non-hydrogen) atoms. The van der Waals surface area contributed by atoms with Gasteiger partial charge < -0.3 is 10.2 Å². The number of carbonyl (C=O) groups is 2. The molecule has 2 fully saturated rings. The third-order valence-corrected chi connectivity index (χ3v) is 4.64. The third kappa shape index (κ3) is 7.03. The van der Waals surface area contributed by atoms with E-state index in [-0.39, 0.29) is 19.0 Å². The Morgan fingerprint density at radius 1 is 1.00 bits per heavy atom. The van der Waals surface area contributed by atoms with Crippen LogP contribution in [0.1, 0.15) is 75.1 Å². The molecular weight excluding hydrogens is 288 g/mol. The highest BCUT2D eigenvalue weighted by Crippen LogP contribution is 2.28. The van der Waals surface area contributed by atoms with E-state index in [9.17, 15) is 9.59 Å². The molecule has 4 nitrogen and oxygen atoms in total. The van der Waals surface area contributed by atoms with Gasteiger partial charge in [0.25, 0.3) is 0 Å². The van der Waals surface area contributed by atoms with Gasteiger partial charge in [-0.05, 0) is 45.6 Å². The molecule has 0 bridgehead atoms. The molecule has 0 radical (unpaired) electrons. The minimum atomic E-state index is 0. The van der Waals surface area contributed by atoms with Crippen LogP contribution in [0.4, 0.5) is 0 Å². The van der Waals surface area contributed by atoms with Crippen LogP contribution in [-0.4, -0.2) is 42.3 Å². The number of ketones is 1. The van der Waals surface area contributed by atoms with Gasteiger partial charge in [0, 0.05) is 32.4 Å². The number of carbonyl (C=O) groups excluding carboxylic acids is 2. The predicted octanol–water partition coefficient (Wildman–Crippen LogP) is 3.89. The largest absolute Gasteiger partial charge is 0.342 e. The summed E-state index contributed by atoms with van der Waals surface area (Å²) >= 11 is 0. The Balaban J connectivity index is 0. The molecule has 4 heteroatoms. The standard InChI is InChI=1S/C15H26N2O2.2C2H6.H2/c1-3-16-14-6-4-12(5-7-14)15(19)17-9-8-13(10-17)11(2)18;2*1-2;/h12-14,16H,3-10H2,1-2H3;2*1-2H3;1H/t12?,13-,14?;;;/m1.../s1. The van der Waals surface area contributed by atoms with Crippen molar-refractivity contribution in [3.8, 4) is 0 Å². The Kier molecular flexibility index (Phi) is 12.0. The fourth-order valence-electron chi connectivity index (χ4n) is 3.38. The Morgan fingerprint density at radius 2 is 1.57 bits per heavy atom. The summed E-state index contributed by atoms with van der Waals surface area (Å²) in [6.07, 6.45) is 5.06. The van der Waals surface area contributed by atoms with Gasteiger partial charge in [-0.3, -0.25) is 9.59 Å². The minimum Gasteiger partial charge on any atom is -0.342 e. The first-order chi connectivity index (χ1) is 11.1. The van der Waals surface area contributed by atoms with Crippen molar-refractivity contribution in [1.82, 2.24) is 10.2 Å². The topological polar surface area (TPSA) is 49.4 Å². The molecule has 0 aromatic carbocycles. The quantitative estimate of drug-likeness (QED) is 0.851. The summed E-state index contributed by atoms with van der Waals surface area (Å²) in [5.74, 6) is 0.799. The molecule has 2 rings (SSSR count). The van der Waals surface area contributed by atoms with Crippen molar-refractivity contribution in [2.75, 3.05) is 19.6 Å². The summed E-state index contributed by atoms with van der Waals surface area (Å²) in [4.78, 5) is 25.7. The SMILES string of the molecule is CC.CC.CCNC1CCC(C(=O)N2CC[C@@H](C(C)=O)C2)CC1.[HH]. The third-order valence-electron chi connectivity index (χ3n) is 4.64. The molecule has 1 aliphatic carbocycles. The maximum absolute atomic E-state index is 12.4. The molecule has 1 atom stereocenters. The second kappa shape index (κ2) is 12.5. The first-order valence-electron chi connectivity index (χ1n) is 9.64.